The fraction of sp³-hybridized carbons (Fsp3) is 0.222. The molecule has 0 spiro atoms. The van der Waals surface area contributed by atoms with Crippen LogP contribution in [0.15, 0.2) is 42.5 Å². The fourth-order valence-corrected chi connectivity index (χ4v) is 2.28. The van der Waals surface area contributed by atoms with Gasteiger partial charge in [0.2, 0.25) is 0 Å². The molecule has 0 atom stereocenters. The van der Waals surface area contributed by atoms with Crippen molar-refractivity contribution in [2.24, 2.45) is 0 Å². The second-order valence-electron chi connectivity index (χ2n) is 6.58. The molecule has 2 aromatic carbocycles. The van der Waals surface area contributed by atoms with Crippen molar-refractivity contribution in [3.05, 3.63) is 63.2 Å². The highest BCUT2D eigenvalue weighted by Gasteiger charge is 2.21. The van der Waals surface area contributed by atoms with E-state index < -0.39 is 22.5 Å². The van der Waals surface area contributed by atoms with Gasteiger partial charge in [-0.2, -0.15) is 0 Å². The molecule has 2 N–H and O–H groups in total. The zero-order valence-corrected chi connectivity index (χ0v) is 15.7. The van der Waals surface area contributed by atoms with Gasteiger partial charge in [-0.15, -0.1) is 0 Å². The Morgan fingerprint density at radius 3 is 2.11 bits per heavy atom. The molecule has 0 unspecified atom stereocenters. The van der Waals surface area contributed by atoms with Gasteiger partial charge in [0.15, 0.2) is 0 Å². The van der Waals surface area contributed by atoms with Crippen LogP contribution in [0.2, 0.25) is 5.02 Å². The Bertz CT molecular complexity index is 876. The van der Waals surface area contributed by atoms with E-state index in [1.807, 2.05) is 0 Å². The number of ether oxygens (including phenoxy) is 1. The average Bonchev–Trinajstić information content (AvgIpc) is 2.54. The lowest BCUT2D eigenvalue weighted by molar-refractivity contribution is -0.385. The summed E-state index contributed by atoms with van der Waals surface area (Å²) in [4.78, 5) is 34.5. The van der Waals surface area contributed by atoms with Crippen molar-refractivity contribution in [3.63, 3.8) is 0 Å². The molecule has 0 saturated heterocycles. The molecule has 27 heavy (non-hydrogen) atoms. The molecule has 9 heteroatoms. The zero-order chi connectivity index (χ0) is 20.2. The molecular formula is C18H18ClN3O5. The summed E-state index contributed by atoms with van der Waals surface area (Å²) >= 11 is 5.83. The minimum atomic E-state index is -0.669. The van der Waals surface area contributed by atoms with Crippen LogP contribution in [0.4, 0.5) is 21.9 Å². The standard InChI is InChI=1S/C18H18ClN3O5/c1-18(2,3)27-17(24)21-13-7-5-12(6-8-13)20-16(23)14-10-11(19)4-9-15(14)22(25)26/h4-10H,1-3H3,(H,20,23)(H,21,24). The summed E-state index contributed by atoms with van der Waals surface area (Å²) in [6.07, 6.45) is -0.603. The van der Waals surface area contributed by atoms with Crippen molar-refractivity contribution in [3.8, 4) is 0 Å². The summed E-state index contributed by atoms with van der Waals surface area (Å²) in [7, 11) is 0. The molecule has 0 aliphatic heterocycles. The number of nitrogens with one attached hydrogen (secondary N) is 2. The molecule has 142 valence electrons. The number of carbonyl (C=O) groups is 2. The summed E-state index contributed by atoms with van der Waals surface area (Å²) in [5, 5.41) is 16.4. The summed E-state index contributed by atoms with van der Waals surface area (Å²) in [5.41, 5.74) is -0.257. The first-order valence-corrected chi connectivity index (χ1v) is 8.28. The highest BCUT2D eigenvalue weighted by molar-refractivity contribution is 6.31. The number of halogens is 1. The third-order valence-electron chi connectivity index (χ3n) is 3.19. The fourth-order valence-electron chi connectivity index (χ4n) is 2.11. The highest BCUT2D eigenvalue weighted by atomic mass is 35.5. The van der Waals surface area contributed by atoms with E-state index in [9.17, 15) is 19.7 Å². The van der Waals surface area contributed by atoms with Gasteiger partial charge in [-0.3, -0.25) is 20.2 Å². The largest absolute Gasteiger partial charge is 0.444 e. The number of nitro groups is 1. The molecular weight excluding hydrogens is 374 g/mol. The predicted molar refractivity (Wildman–Crippen MR) is 102 cm³/mol. The summed E-state index contributed by atoms with van der Waals surface area (Å²) in [6, 6.07) is 9.95. The van der Waals surface area contributed by atoms with Crippen molar-refractivity contribution >= 4 is 40.7 Å². The monoisotopic (exact) mass is 391 g/mol. The lowest BCUT2D eigenvalue weighted by atomic mass is 10.1. The normalized spacial score (nSPS) is 10.8. The van der Waals surface area contributed by atoms with Crippen LogP contribution < -0.4 is 10.6 Å². The van der Waals surface area contributed by atoms with Crippen LogP contribution in [-0.2, 0) is 4.74 Å². The second kappa shape index (κ2) is 8.05. The summed E-state index contributed by atoms with van der Waals surface area (Å²) < 4.78 is 5.14. The van der Waals surface area contributed by atoms with Gasteiger partial charge in [-0.1, -0.05) is 11.6 Å². The van der Waals surface area contributed by atoms with Crippen LogP contribution in [0.5, 0.6) is 0 Å². The van der Waals surface area contributed by atoms with Crippen LogP contribution in [0.1, 0.15) is 31.1 Å². The topological polar surface area (TPSA) is 111 Å². The number of carbonyl (C=O) groups excluding carboxylic acids is 2. The molecule has 0 aliphatic carbocycles. The van der Waals surface area contributed by atoms with Crippen molar-refractivity contribution in [1.82, 2.24) is 0 Å². The lowest BCUT2D eigenvalue weighted by Crippen LogP contribution is -2.27. The molecule has 8 nitrogen and oxygen atoms in total. The summed E-state index contributed by atoms with van der Waals surface area (Å²) in [6.45, 7) is 5.25. The first-order valence-electron chi connectivity index (χ1n) is 7.90. The van der Waals surface area contributed by atoms with Gasteiger partial charge in [0.05, 0.1) is 4.92 Å². The molecule has 2 aromatic rings. The number of nitrogens with zero attached hydrogens (tertiary/aromatic N) is 1. The first-order chi connectivity index (χ1) is 12.5. The Morgan fingerprint density at radius 2 is 1.59 bits per heavy atom. The quantitative estimate of drug-likeness (QED) is 0.571. The Morgan fingerprint density at radius 1 is 1.04 bits per heavy atom. The third kappa shape index (κ3) is 5.96. The number of hydrogen-bond donors (Lipinski definition) is 2. The van der Waals surface area contributed by atoms with Crippen LogP contribution >= 0.6 is 11.6 Å². The van der Waals surface area contributed by atoms with Gasteiger partial charge in [0.25, 0.3) is 11.6 Å². The number of anilines is 2. The van der Waals surface area contributed by atoms with Crippen LogP contribution in [-0.4, -0.2) is 22.5 Å². The van der Waals surface area contributed by atoms with E-state index in [1.165, 1.54) is 18.2 Å². The SMILES string of the molecule is CC(C)(C)OC(=O)Nc1ccc(NC(=O)c2cc(Cl)ccc2[N+](=O)[O-])cc1. The molecule has 0 aliphatic rings. The predicted octanol–water partition coefficient (Wildman–Crippen LogP) is 4.85. The third-order valence-corrected chi connectivity index (χ3v) is 3.42. The highest BCUT2D eigenvalue weighted by Crippen LogP contribution is 2.24. The van der Waals surface area contributed by atoms with Gasteiger partial charge < -0.3 is 10.1 Å². The number of rotatable bonds is 4. The second-order valence-corrected chi connectivity index (χ2v) is 7.01. The average molecular weight is 392 g/mol. The van der Waals surface area contributed by atoms with E-state index in [4.69, 9.17) is 16.3 Å². The van der Waals surface area contributed by atoms with E-state index in [1.54, 1.807) is 45.0 Å². The Kier molecular flexibility index (Phi) is 6.02. The van der Waals surface area contributed by atoms with Gasteiger partial charge in [0, 0.05) is 22.5 Å². The molecule has 0 aromatic heterocycles. The maximum Gasteiger partial charge on any atom is 0.412 e. The maximum atomic E-state index is 12.3. The minimum Gasteiger partial charge on any atom is -0.444 e. The molecule has 0 radical (unpaired) electrons. The van der Waals surface area contributed by atoms with Gasteiger partial charge in [-0.25, -0.2) is 4.79 Å². The van der Waals surface area contributed by atoms with E-state index in [0.717, 1.165) is 0 Å². The van der Waals surface area contributed by atoms with E-state index in [0.29, 0.717) is 11.4 Å². The molecule has 0 saturated carbocycles. The van der Waals surface area contributed by atoms with Gasteiger partial charge in [-0.05, 0) is 57.2 Å². The van der Waals surface area contributed by atoms with E-state index in [2.05, 4.69) is 10.6 Å². The van der Waals surface area contributed by atoms with Crippen LogP contribution in [0.3, 0.4) is 0 Å². The van der Waals surface area contributed by atoms with Crippen molar-refractivity contribution < 1.29 is 19.2 Å². The van der Waals surface area contributed by atoms with Crippen LogP contribution in [0, 0.1) is 10.1 Å². The van der Waals surface area contributed by atoms with Crippen molar-refractivity contribution in [2.45, 2.75) is 26.4 Å². The molecule has 2 amide bonds. The van der Waals surface area contributed by atoms with Crippen molar-refractivity contribution in [1.29, 1.82) is 0 Å². The summed E-state index contributed by atoms with van der Waals surface area (Å²) in [5.74, 6) is -0.669. The molecule has 0 bridgehead atoms. The van der Waals surface area contributed by atoms with Crippen LogP contribution in [0.25, 0.3) is 0 Å². The molecule has 0 fully saturated rings. The van der Waals surface area contributed by atoms with Gasteiger partial charge >= 0.3 is 6.09 Å². The molecule has 2 rings (SSSR count). The Balaban J connectivity index is 2.09. The number of amides is 2. The maximum absolute atomic E-state index is 12.3. The molecule has 0 heterocycles. The number of nitro benzene ring substituents is 1. The van der Waals surface area contributed by atoms with E-state index in [-0.39, 0.29) is 16.3 Å². The Hall–Kier alpha value is -3.13. The minimum absolute atomic E-state index is 0.150. The van der Waals surface area contributed by atoms with Gasteiger partial charge in [0.1, 0.15) is 11.2 Å². The number of benzene rings is 2. The first kappa shape index (κ1) is 20.2. The Labute approximate surface area is 160 Å². The smallest absolute Gasteiger partial charge is 0.412 e. The van der Waals surface area contributed by atoms with E-state index >= 15 is 0 Å². The number of hydrogen-bond acceptors (Lipinski definition) is 5. The lowest BCUT2D eigenvalue weighted by Gasteiger charge is -2.19. The zero-order valence-electron chi connectivity index (χ0n) is 14.9. The van der Waals surface area contributed by atoms with Crippen molar-refractivity contribution in [2.75, 3.05) is 10.6 Å².